The molecule has 1 amide bonds. The first-order valence-electron chi connectivity index (χ1n) is 10.4. The van der Waals surface area contributed by atoms with Gasteiger partial charge in [-0.2, -0.15) is 11.3 Å². The number of halogens is 1. The van der Waals surface area contributed by atoms with E-state index < -0.39 is 0 Å². The zero-order valence-electron chi connectivity index (χ0n) is 16.9. The summed E-state index contributed by atoms with van der Waals surface area (Å²) in [5, 5.41) is 7.82. The number of aromatic amines is 1. The zero-order valence-corrected chi connectivity index (χ0v) is 18.5. The Morgan fingerprint density at radius 3 is 2.84 bits per heavy atom. The lowest BCUT2D eigenvalue weighted by atomic mass is 10.1. The maximum Gasteiger partial charge on any atom is 0.255 e. The lowest BCUT2D eigenvalue weighted by Gasteiger charge is -2.20. The second-order valence-electron chi connectivity index (χ2n) is 7.62. The van der Waals surface area contributed by atoms with Crippen LogP contribution in [0.25, 0.3) is 22.3 Å². The summed E-state index contributed by atoms with van der Waals surface area (Å²) in [7, 11) is 0. The summed E-state index contributed by atoms with van der Waals surface area (Å²) in [4.78, 5) is 27.9. The fourth-order valence-electron chi connectivity index (χ4n) is 3.91. The number of thiophene rings is 1. The van der Waals surface area contributed by atoms with Crippen molar-refractivity contribution >= 4 is 45.7 Å². The summed E-state index contributed by atoms with van der Waals surface area (Å²) in [6.45, 7) is 2.35. The summed E-state index contributed by atoms with van der Waals surface area (Å²) in [5.41, 5.74) is 4.38. The second kappa shape index (κ2) is 8.69. The molecule has 8 heteroatoms. The van der Waals surface area contributed by atoms with Crippen LogP contribution in [0.5, 0.6) is 0 Å². The molecule has 1 aliphatic heterocycles. The third kappa shape index (κ3) is 4.29. The number of fused-ring (bicyclic) bond motifs is 1. The normalized spacial score (nSPS) is 13.8. The number of carbonyl (C=O) groups is 1. The quantitative estimate of drug-likeness (QED) is 0.436. The molecule has 0 bridgehead atoms. The molecule has 0 atom stereocenters. The molecule has 1 saturated heterocycles. The van der Waals surface area contributed by atoms with Crippen molar-refractivity contribution in [3.63, 3.8) is 0 Å². The van der Waals surface area contributed by atoms with Gasteiger partial charge in [0.25, 0.3) is 5.91 Å². The first-order chi connectivity index (χ1) is 15.2. The number of rotatable bonds is 6. The van der Waals surface area contributed by atoms with Crippen LogP contribution in [0.15, 0.2) is 47.2 Å². The van der Waals surface area contributed by atoms with Gasteiger partial charge in [0.15, 0.2) is 0 Å². The Bertz CT molecular complexity index is 1210. The number of nitrogens with zero attached hydrogens (tertiary/aromatic N) is 3. The minimum Gasteiger partial charge on any atom is -0.356 e. The molecule has 0 saturated carbocycles. The molecule has 4 aromatic rings. The smallest absolute Gasteiger partial charge is 0.255 e. The largest absolute Gasteiger partial charge is 0.356 e. The van der Waals surface area contributed by atoms with Crippen LogP contribution < -0.4 is 10.2 Å². The van der Waals surface area contributed by atoms with Crippen LogP contribution in [0, 0.1) is 0 Å². The van der Waals surface area contributed by atoms with E-state index in [2.05, 4.69) is 31.6 Å². The lowest BCUT2D eigenvalue weighted by molar-refractivity contribution is 0.0954. The Morgan fingerprint density at radius 1 is 1.16 bits per heavy atom. The van der Waals surface area contributed by atoms with Crippen molar-refractivity contribution in [2.45, 2.75) is 19.3 Å². The minimum atomic E-state index is -0.106. The Labute approximate surface area is 189 Å². The van der Waals surface area contributed by atoms with Gasteiger partial charge in [-0.15, -0.1) is 0 Å². The van der Waals surface area contributed by atoms with Gasteiger partial charge in [-0.25, -0.2) is 9.97 Å². The lowest BCUT2D eigenvalue weighted by Crippen LogP contribution is -2.29. The van der Waals surface area contributed by atoms with Crippen molar-refractivity contribution in [2.75, 3.05) is 24.5 Å². The van der Waals surface area contributed by atoms with Gasteiger partial charge in [0.2, 0.25) is 0 Å². The van der Waals surface area contributed by atoms with Gasteiger partial charge in [-0.3, -0.25) is 4.79 Å². The predicted octanol–water partition coefficient (Wildman–Crippen LogP) is 4.91. The highest BCUT2D eigenvalue weighted by molar-refractivity contribution is 7.08. The summed E-state index contributed by atoms with van der Waals surface area (Å²) in [6.07, 6.45) is 2.86. The second-order valence-corrected chi connectivity index (χ2v) is 8.84. The Kier molecular flexibility index (Phi) is 5.61. The van der Waals surface area contributed by atoms with Gasteiger partial charge in [0.1, 0.15) is 11.6 Å². The van der Waals surface area contributed by atoms with Crippen molar-refractivity contribution in [1.29, 1.82) is 0 Å². The van der Waals surface area contributed by atoms with Gasteiger partial charge in [0.05, 0.1) is 22.3 Å². The van der Waals surface area contributed by atoms with E-state index in [1.807, 2.05) is 35.7 Å². The summed E-state index contributed by atoms with van der Waals surface area (Å²) in [5.74, 6) is 1.49. The van der Waals surface area contributed by atoms with Gasteiger partial charge in [-0.1, -0.05) is 11.6 Å². The van der Waals surface area contributed by atoms with Crippen LogP contribution in [0.3, 0.4) is 0 Å². The van der Waals surface area contributed by atoms with Crippen LogP contribution in [0.4, 0.5) is 5.82 Å². The molecule has 6 nitrogen and oxygen atoms in total. The number of aromatic nitrogens is 3. The van der Waals surface area contributed by atoms with E-state index in [0.29, 0.717) is 23.6 Å². The molecule has 158 valence electrons. The van der Waals surface area contributed by atoms with Crippen LogP contribution in [-0.4, -0.2) is 40.5 Å². The third-order valence-electron chi connectivity index (χ3n) is 5.48. The van der Waals surface area contributed by atoms with Crippen LogP contribution in [0.1, 0.15) is 29.0 Å². The van der Waals surface area contributed by atoms with E-state index in [-0.39, 0.29) is 5.91 Å². The number of imidazole rings is 1. The van der Waals surface area contributed by atoms with Gasteiger partial charge < -0.3 is 15.2 Å². The van der Waals surface area contributed by atoms with E-state index in [0.717, 1.165) is 59.9 Å². The SMILES string of the molecule is O=C(NCCc1nc2ccc(Cl)cc2[nH]1)c1ccc(-c2ccsc2)nc1N1CCCC1. The predicted molar refractivity (Wildman–Crippen MR) is 126 cm³/mol. The first-order valence-corrected chi connectivity index (χ1v) is 11.7. The summed E-state index contributed by atoms with van der Waals surface area (Å²) >= 11 is 7.68. The number of pyridine rings is 1. The Balaban J connectivity index is 1.31. The fourth-order valence-corrected chi connectivity index (χ4v) is 4.73. The van der Waals surface area contributed by atoms with Crippen molar-refractivity contribution in [3.8, 4) is 11.3 Å². The number of benzene rings is 1. The standard InChI is InChI=1S/C23H22ClN5OS/c24-16-3-5-19-20(13-16)27-21(26-19)7-9-25-23(30)17-4-6-18(15-8-12-31-14-15)28-22(17)29-10-1-2-11-29/h3-6,8,12-14H,1-2,7,9-11H2,(H,25,30)(H,26,27). The summed E-state index contributed by atoms with van der Waals surface area (Å²) in [6, 6.07) is 11.4. The van der Waals surface area contributed by atoms with Crippen LogP contribution in [0.2, 0.25) is 5.02 Å². The molecule has 31 heavy (non-hydrogen) atoms. The van der Waals surface area contributed by atoms with Crippen LogP contribution in [-0.2, 0) is 6.42 Å². The molecule has 4 heterocycles. The molecule has 2 N–H and O–H groups in total. The molecule has 0 aliphatic carbocycles. The van der Waals surface area contributed by atoms with Crippen LogP contribution >= 0.6 is 22.9 Å². The number of hydrogen-bond donors (Lipinski definition) is 2. The molecular weight excluding hydrogens is 430 g/mol. The highest BCUT2D eigenvalue weighted by Crippen LogP contribution is 2.28. The highest BCUT2D eigenvalue weighted by atomic mass is 35.5. The molecule has 1 aliphatic rings. The van der Waals surface area contributed by atoms with Crippen molar-refractivity contribution in [1.82, 2.24) is 20.3 Å². The molecule has 1 aromatic carbocycles. The number of hydrogen-bond acceptors (Lipinski definition) is 5. The number of nitrogens with one attached hydrogen (secondary N) is 2. The Hall–Kier alpha value is -2.90. The van der Waals surface area contributed by atoms with Gasteiger partial charge >= 0.3 is 0 Å². The average Bonchev–Trinajstić information content (AvgIpc) is 3.54. The monoisotopic (exact) mass is 451 g/mol. The number of amides is 1. The Morgan fingerprint density at radius 2 is 2.03 bits per heavy atom. The molecule has 3 aromatic heterocycles. The van der Waals surface area contributed by atoms with Gasteiger partial charge in [0, 0.05) is 42.0 Å². The molecule has 0 unspecified atom stereocenters. The third-order valence-corrected chi connectivity index (χ3v) is 6.40. The van der Waals surface area contributed by atoms with E-state index in [4.69, 9.17) is 16.6 Å². The fraction of sp³-hybridized carbons (Fsp3) is 0.261. The van der Waals surface area contributed by atoms with Gasteiger partial charge in [-0.05, 0) is 54.6 Å². The molecular formula is C23H22ClN5OS. The first kappa shape index (κ1) is 20.0. The topological polar surface area (TPSA) is 73.9 Å². The van der Waals surface area contributed by atoms with Crippen molar-refractivity contribution < 1.29 is 4.79 Å². The zero-order chi connectivity index (χ0) is 21.2. The van der Waals surface area contributed by atoms with E-state index in [9.17, 15) is 4.79 Å². The highest BCUT2D eigenvalue weighted by Gasteiger charge is 2.22. The molecule has 0 radical (unpaired) electrons. The molecule has 5 rings (SSSR count). The van der Waals surface area contributed by atoms with E-state index in [1.54, 1.807) is 11.3 Å². The van der Waals surface area contributed by atoms with E-state index >= 15 is 0 Å². The number of H-pyrrole nitrogens is 1. The maximum atomic E-state index is 13.0. The van der Waals surface area contributed by atoms with Crippen molar-refractivity contribution in [3.05, 3.63) is 63.6 Å². The summed E-state index contributed by atoms with van der Waals surface area (Å²) < 4.78 is 0. The number of carbonyl (C=O) groups excluding carboxylic acids is 1. The van der Waals surface area contributed by atoms with E-state index in [1.165, 1.54) is 0 Å². The average molecular weight is 452 g/mol. The van der Waals surface area contributed by atoms with Crippen molar-refractivity contribution in [2.24, 2.45) is 0 Å². The maximum absolute atomic E-state index is 13.0. The molecule has 0 spiro atoms. The molecule has 1 fully saturated rings. The number of anilines is 1. The minimum absolute atomic E-state index is 0.106.